The number of benzene rings is 1. The monoisotopic (exact) mass is 245 g/mol. The summed E-state index contributed by atoms with van der Waals surface area (Å²) in [5.41, 5.74) is 1.14. The number of methoxy groups -OCH3 is 1. The number of alkyl halides is 1. The molecular formula is C12H17ClFNO. The van der Waals surface area contributed by atoms with Crippen LogP contribution in [0.5, 0.6) is 5.75 Å². The van der Waals surface area contributed by atoms with E-state index in [9.17, 15) is 4.39 Å². The number of nitrogens with one attached hydrogen (secondary N) is 1. The highest BCUT2D eigenvalue weighted by Crippen LogP contribution is 2.26. The molecule has 2 nitrogen and oxygen atoms in total. The van der Waals surface area contributed by atoms with Crippen molar-refractivity contribution in [2.24, 2.45) is 0 Å². The van der Waals surface area contributed by atoms with E-state index in [1.807, 2.05) is 24.3 Å². The predicted octanol–water partition coefficient (Wildman–Crippen LogP) is 2.88. The third-order valence-electron chi connectivity index (χ3n) is 2.86. The van der Waals surface area contributed by atoms with Crippen LogP contribution >= 0.6 is 12.4 Å². The van der Waals surface area contributed by atoms with E-state index in [0.29, 0.717) is 12.8 Å². The molecule has 4 heteroatoms. The van der Waals surface area contributed by atoms with Gasteiger partial charge in [-0.1, -0.05) is 12.1 Å². The van der Waals surface area contributed by atoms with Gasteiger partial charge in [-0.3, -0.25) is 0 Å². The summed E-state index contributed by atoms with van der Waals surface area (Å²) in [4.78, 5) is 0. The average Bonchev–Trinajstić information content (AvgIpc) is 2.29. The van der Waals surface area contributed by atoms with Crippen molar-refractivity contribution in [2.45, 2.75) is 25.1 Å². The Hall–Kier alpha value is -0.800. The first kappa shape index (κ1) is 13.3. The van der Waals surface area contributed by atoms with Gasteiger partial charge in [0, 0.05) is 6.04 Å². The largest absolute Gasteiger partial charge is 0.497 e. The maximum Gasteiger partial charge on any atom is 0.118 e. The lowest BCUT2D eigenvalue weighted by molar-refractivity contribution is 0.224. The second-order valence-corrected chi connectivity index (χ2v) is 3.90. The molecule has 2 rings (SSSR count). The first-order valence-electron chi connectivity index (χ1n) is 5.31. The standard InChI is InChI=1S/C12H16FNO.ClH/c1-15-11-4-2-9(3-5-11)12-8-10(13)6-7-14-12;/h2-5,10,12,14H,6-8H2,1H3;1H. The Morgan fingerprint density at radius 3 is 2.56 bits per heavy atom. The van der Waals surface area contributed by atoms with Gasteiger partial charge in [-0.05, 0) is 37.1 Å². The van der Waals surface area contributed by atoms with Crippen LogP contribution in [0, 0.1) is 0 Å². The lowest BCUT2D eigenvalue weighted by atomic mass is 9.96. The highest BCUT2D eigenvalue weighted by Gasteiger charge is 2.21. The van der Waals surface area contributed by atoms with E-state index in [1.54, 1.807) is 7.11 Å². The van der Waals surface area contributed by atoms with Crippen molar-refractivity contribution < 1.29 is 9.13 Å². The summed E-state index contributed by atoms with van der Waals surface area (Å²) in [5, 5.41) is 3.32. The van der Waals surface area contributed by atoms with Gasteiger partial charge in [0.1, 0.15) is 11.9 Å². The van der Waals surface area contributed by atoms with Gasteiger partial charge in [0.05, 0.1) is 7.11 Å². The summed E-state index contributed by atoms with van der Waals surface area (Å²) in [7, 11) is 1.64. The predicted molar refractivity (Wildman–Crippen MR) is 65.1 cm³/mol. The Bertz CT molecular complexity index is 317. The van der Waals surface area contributed by atoms with Crippen LogP contribution in [-0.4, -0.2) is 19.8 Å². The van der Waals surface area contributed by atoms with Crippen molar-refractivity contribution in [1.82, 2.24) is 5.32 Å². The number of hydrogen-bond donors (Lipinski definition) is 1. The molecule has 0 aromatic heterocycles. The molecule has 0 radical (unpaired) electrons. The minimum Gasteiger partial charge on any atom is -0.497 e. The molecule has 1 aliphatic rings. The average molecular weight is 246 g/mol. The first-order valence-corrected chi connectivity index (χ1v) is 5.31. The van der Waals surface area contributed by atoms with Crippen LogP contribution in [-0.2, 0) is 0 Å². The third-order valence-corrected chi connectivity index (χ3v) is 2.86. The minimum atomic E-state index is -0.668. The molecule has 2 unspecified atom stereocenters. The summed E-state index contributed by atoms with van der Waals surface area (Å²) < 4.78 is 18.3. The van der Waals surface area contributed by atoms with Crippen LogP contribution in [0.15, 0.2) is 24.3 Å². The van der Waals surface area contributed by atoms with Crippen molar-refractivity contribution in [3.63, 3.8) is 0 Å². The molecule has 1 saturated heterocycles. The maximum atomic E-state index is 13.2. The van der Waals surface area contributed by atoms with Crippen molar-refractivity contribution in [1.29, 1.82) is 0 Å². The van der Waals surface area contributed by atoms with Gasteiger partial charge in [-0.15, -0.1) is 12.4 Å². The summed E-state index contributed by atoms with van der Waals surface area (Å²) in [5.74, 6) is 0.839. The van der Waals surface area contributed by atoms with Gasteiger partial charge in [0.2, 0.25) is 0 Å². The quantitative estimate of drug-likeness (QED) is 0.865. The number of hydrogen-bond acceptors (Lipinski definition) is 2. The van der Waals surface area contributed by atoms with E-state index in [0.717, 1.165) is 17.9 Å². The molecular weight excluding hydrogens is 229 g/mol. The normalized spacial score (nSPS) is 24.6. The van der Waals surface area contributed by atoms with Gasteiger partial charge in [-0.2, -0.15) is 0 Å². The SMILES string of the molecule is COc1ccc(C2CC(F)CCN2)cc1.Cl. The summed E-state index contributed by atoms with van der Waals surface area (Å²) in [6.45, 7) is 0.762. The Balaban J connectivity index is 0.00000128. The minimum absolute atomic E-state index is 0. The molecule has 2 atom stereocenters. The first-order chi connectivity index (χ1) is 7.29. The van der Waals surface area contributed by atoms with E-state index in [2.05, 4.69) is 5.32 Å². The molecule has 1 aliphatic heterocycles. The number of halogens is 2. The summed E-state index contributed by atoms with van der Waals surface area (Å²) in [6, 6.07) is 7.97. The molecule has 0 aliphatic carbocycles. The van der Waals surface area contributed by atoms with Crippen molar-refractivity contribution in [2.75, 3.05) is 13.7 Å². The van der Waals surface area contributed by atoms with Crippen LogP contribution in [0.25, 0.3) is 0 Å². The molecule has 0 saturated carbocycles. The van der Waals surface area contributed by atoms with Gasteiger partial charge < -0.3 is 10.1 Å². The molecule has 0 spiro atoms. The van der Waals surface area contributed by atoms with Gasteiger partial charge in [0.15, 0.2) is 0 Å². The number of ether oxygens (including phenoxy) is 1. The van der Waals surface area contributed by atoms with Gasteiger partial charge >= 0.3 is 0 Å². The fourth-order valence-electron chi connectivity index (χ4n) is 1.96. The Morgan fingerprint density at radius 2 is 2.00 bits per heavy atom. The molecule has 1 fully saturated rings. The molecule has 16 heavy (non-hydrogen) atoms. The smallest absolute Gasteiger partial charge is 0.118 e. The molecule has 0 amide bonds. The van der Waals surface area contributed by atoms with Crippen LogP contribution in [0.2, 0.25) is 0 Å². The molecule has 90 valence electrons. The third kappa shape index (κ3) is 3.09. The molecule has 1 N–H and O–H groups in total. The van der Waals surface area contributed by atoms with E-state index in [-0.39, 0.29) is 18.4 Å². The molecule has 1 heterocycles. The van der Waals surface area contributed by atoms with Crippen molar-refractivity contribution >= 4 is 12.4 Å². The molecule has 1 aromatic carbocycles. The second kappa shape index (κ2) is 6.06. The fraction of sp³-hybridized carbons (Fsp3) is 0.500. The van der Waals surface area contributed by atoms with Crippen molar-refractivity contribution in [3.05, 3.63) is 29.8 Å². The number of piperidine rings is 1. The lowest BCUT2D eigenvalue weighted by Gasteiger charge is -2.26. The second-order valence-electron chi connectivity index (χ2n) is 3.90. The zero-order valence-corrected chi connectivity index (χ0v) is 10.1. The highest BCUT2D eigenvalue weighted by atomic mass is 35.5. The topological polar surface area (TPSA) is 21.3 Å². The van der Waals surface area contributed by atoms with Gasteiger partial charge in [-0.25, -0.2) is 4.39 Å². The van der Waals surface area contributed by atoms with Crippen LogP contribution < -0.4 is 10.1 Å². The molecule has 0 bridgehead atoms. The van der Waals surface area contributed by atoms with E-state index in [1.165, 1.54) is 0 Å². The lowest BCUT2D eigenvalue weighted by Crippen LogP contribution is -2.32. The zero-order chi connectivity index (χ0) is 10.7. The van der Waals surface area contributed by atoms with E-state index >= 15 is 0 Å². The summed E-state index contributed by atoms with van der Waals surface area (Å²) >= 11 is 0. The molecule has 1 aromatic rings. The maximum absolute atomic E-state index is 13.2. The van der Waals surface area contributed by atoms with Crippen molar-refractivity contribution in [3.8, 4) is 5.75 Å². The van der Waals surface area contributed by atoms with Gasteiger partial charge in [0.25, 0.3) is 0 Å². The van der Waals surface area contributed by atoms with Crippen LogP contribution in [0.4, 0.5) is 4.39 Å². The number of rotatable bonds is 2. The summed E-state index contributed by atoms with van der Waals surface area (Å²) in [6.07, 6.45) is 0.539. The Morgan fingerprint density at radius 1 is 1.31 bits per heavy atom. The van der Waals surface area contributed by atoms with Crippen LogP contribution in [0.3, 0.4) is 0 Å². The zero-order valence-electron chi connectivity index (χ0n) is 9.28. The Labute approximate surface area is 102 Å². The fourth-order valence-corrected chi connectivity index (χ4v) is 1.96. The Kier molecular flexibility index (Phi) is 5.03. The van der Waals surface area contributed by atoms with Crippen LogP contribution in [0.1, 0.15) is 24.4 Å². The van der Waals surface area contributed by atoms with E-state index in [4.69, 9.17) is 4.74 Å². The highest BCUT2D eigenvalue weighted by molar-refractivity contribution is 5.85. The van der Waals surface area contributed by atoms with E-state index < -0.39 is 6.17 Å².